The Bertz CT molecular complexity index is 823. The van der Waals surface area contributed by atoms with Crippen LogP contribution in [0.3, 0.4) is 0 Å². The van der Waals surface area contributed by atoms with Gasteiger partial charge >= 0.3 is 0 Å². The first-order valence-electron chi connectivity index (χ1n) is 8.92. The van der Waals surface area contributed by atoms with Gasteiger partial charge in [0.2, 0.25) is 10.0 Å². The molecule has 1 amide bonds. The van der Waals surface area contributed by atoms with Gasteiger partial charge in [0.25, 0.3) is 5.91 Å². The molecule has 1 saturated heterocycles. The number of sulfonamides is 1. The van der Waals surface area contributed by atoms with E-state index in [0.717, 1.165) is 5.56 Å². The second kappa shape index (κ2) is 8.47. The number of aryl methyl sites for hydroxylation is 1. The van der Waals surface area contributed by atoms with Gasteiger partial charge in [-0.05, 0) is 30.5 Å². The molecule has 26 heavy (non-hydrogen) atoms. The summed E-state index contributed by atoms with van der Waals surface area (Å²) in [5.41, 5.74) is 1.67. The van der Waals surface area contributed by atoms with Crippen molar-refractivity contribution in [1.82, 2.24) is 9.21 Å². The molecule has 0 bridgehead atoms. The summed E-state index contributed by atoms with van der Waals surface area (Å²) in [5, 5.41) is 0. The molecule has 0 aliphatic carbocycles. The van der Waals surface area contributed by atoms with Crippen molar-refractivity contribution in [2.75, 3.05) is 31.9 Å². The smallest absolute Gasteiger partial charge is 0.253 e. The number of rotatable bonds is 5. The molecule has 5 nitrogen and oxygen atoms in total. The molecule has 0 radical (unpaired) electrons. The van der Waals surface area contributed by atoms with E-state index in [1.807, 2.05) is 48.5 Å². The number of nitrogens with zero attached hydrogens (tertiary/aromatic N) is 2. The maximum Gasteiger partial charge on any atom is 0.253 e. The average molecular weight is 372 g/mol. The summed E-state index contributed by atoms with van der Waals surface area (Å²) in [6, 6.07) is 18.8. The summed E-state index contributed by atoms with van der Waals surface area (Å²) in [5.74, 6) is 0.0676. The predicted molar refractivity (Wildman–Crippen MR) is 102 cm³/mol. The van der Waals surface area contributed by atoms with Gasteiger partial charge < -0.3 is 4.90 Å². The van der Waals surface area contributed by atoms with Gasteiger partial charge in [0.05, 0.1) is 5.75 Å². The van der Waals surface area contributed by atoms with E-state index in [-0.39, 0.29) is 11.7 Å². The van der Waals surface area contributed by atoms with Gasteiger partial charge in [-0.3, -0.25) is 4.79 Å². The van der Waals surface area contributed by atoms with Gasteiger partial charge in [-0.1, -0.05) is 48.5 Å². The minimum atomic E-state index is -3.32. The Balaban J connectivity index is 1.60. The molecule has 1 aliphatic heterocycles. The van der Waals surface area contributed by atoms with Crippen LogP contribution < -0.4 is 0 Å². The summed E-state index contributed by atoms with van der Waals surface area (Å²) >= 11 is 0. The standard InChI is InChI=1S/C20H24N2O3S/c23-20(19-10-5-2-6-11-19)21-13-7-14-22(16-15-21)26(24,25)17-12-18-8-3-1-4-9-18/h1-6,8-11H,7,12-17H2. The van der Waals surface area contributed by atoms with Crippen LogP contribution in [0.2, 0.25) is 0 Å². The molecule has 0 saturated carbocycles. The Morgan fingerprint density at radius 2 is 1.50 bits per heavy atom. The van der Waals surface area contributed by atoms with Crippen molar-refractivity contribution in [1.29, 1.82) is 0 Å². The maximum atomic E-state index is 12.7. The van der Waals surface area contributed by atoms with E-state index < -0.39 is 10.0 Å². The summed E-state index contributed by atoms with van der Waals surface area (Å²) in [6.07, 6.45) is 1.16. The molecular formula is C20H24N2O3S. The predicted octanol–water partition coefficient (Wildman–Crippen LogP) is 2.41. The summed E-state index contributed by atoms with van der Waals surface area (Å²) < 4.78 is 26.9. The third-order valence-corrected chi connectivity index (χ3v) is 6.52. The van der Waals surface area contributed by atoms with Crippen LogP contribution in [0.5, 0.6) is 0 Å². The van der Waals surface area contributed by atoms with Gasteiger partial charge in [0.15, 0.2) is 0 Å². The van der Waals surface area contributed by atoms with Crippen molar-refractivity contribution >= 4 is 15.9 Å². The molecule has 0 atom stereocenters. The van der Waals surface area contributed by atoms with Gasteiger partial charge in [-0.15, -0.1) is 0 Å². The molecule has 1 heterocycles. The minimum Gasteiger partial charge on any atom is -0.337 e. The molecule has 1 aliphatic rings. The topological polar surface area (TPSA) is 57.7 Å². The molecule has 0 aromatic heterocycles. The van der Waals surface area contributed by atoms with E-state index in [1.165, 1.54) is 4.31 Å². The average Bonchev–Trinajstić information content (AvgIpc) is 2.94. The van der Waals surface area contributed by atoms with Crippen LogP contribution in [0.1, 0.15) is 22.3 Å². The Hall–Kier alpha value is -2.18. The SMILES string of the molecule is O=C(c1ccccc1)N1CCCN(S(=O)(=O)CCc2ccccc2)CC1. The van der Waals surface area contributed by atoms with Crippen LogP contribution in [0.25, 0.3) is 0 Å². The van der Waals surface area contributed by atoms with Crippen molar-refractivity contribution in [3.8, 4) is 0 Å². The zero-order valence-corrected chi connectivity index (χ0v) is 15.6. The van der Waals surface area contributed by atoms with Gasteiger partial charge in [-0.25, -0.2) is 12.7 Å². The number of hydrogen-bond acceptors (Lipinski definition) is 3. The van der Waals surface area contributed by atoms with E-state index in [0.29, 0.717) is 44.6 Å². The largest absolute Gasteiger partial charge is 0.337 e. The molecule has 0 N–H and O–H groups in total. The number of amides is 1. The summed E-state index contributed by atoms with van der Waals surface area (Å²) in [6.45, 7) is 1.84. The molecule has 2 aromatic rings. The van der Waals surface area contributed by atoms with Crippen LogP contribution in [0.4, 0.5) is 0 Å². The molecule has 138 valence electrons. The zero-order chi connectivity index (χ0) is 18.4. The molecule has 6 heteroatoms. The Morgan fingerprint density at radius 3 is 2.19 bits per heavy atom. The van der Waals surface area contributed by atoms with Crippen molar-refractivity contribution in [2.45, 2.75) is 12.8 Å². The molecule has 0 unspecified atom stereocenters. The summed E-state index contributed by atoms with van der Waals surface area (Å²) in [4.78, 5) is 14.3. The summed E-state index contributed by atoms with van der Waals surface area (Å²) in [7, 11) is -3.32. The monoisotopic (exact) mass is 372 g/mol. The van der Waals surface area contributed by atoms with Crippen molar-refractivity contribution in [3.05, 3.63) is 71.8 Å². The number of hydrogen-bond donors (Lipinski definition) is 0. The second-order valence-electron chi connectivity index (χ2n) is 6.46. The third-order valence-electron chi connectivity index (χ3n) is 4.65. The Kier molecular flexibility index (Phi) is 6.06. The first kappa shape index (κ1) is 18.6. The van der Waals surface area contributed by atoms with Crippen LogP contribution in [-0.2, 0) is 16.4 Å². The Morgan fingerprint density at radius 1 is 0.846 bits per heavy atom. The lowest BCUT2D eigenvalue weighted by molar-refractivity contribution is 0.0764. The molecule has 2 aromatic carbocycles. The molecular weight excluding hydrogens is 348 g/mol. The number of carbonyl (C=O) groups excluding carboxylic acids is 1. The highest BCUT2D eigenvalue weighted by atomic mass is 32.2. The van der Waals surface area contributed by atoms with Crippen LogP contribution in [-0.4, -0.2) is 55.5 Å². The first-order valence-corrected chi connectivity index (χ1v) is 10.5. The van der Waals surface area contributed by atoms with Crippen LogP contribution in [0.15, 0.2) is 60.7 Å². The van der Waals surface area contributed by atoms with E-state index in [2.05, 4.69) is 0 Å². The lowest BCUT2D eigenvalue weighted by atomic mass is 10.2. The number of carbonyl (C=O) groups is 1. The Labute approximate surface area is 155 Å². The van der Waals surface area contributed by atoms with E-state index in [9.17, 15) is 13.2 Å². The second-order valence-corrected chi connectivity index (χ2v) is 8.55. The fraction of sp³-hybridized carbons (Fsp3) is 0.350. The van der Waals surface area contributed by atoms with Crippen LogP contribution in [0, 0.1) is 0 Å². The minimum absolute atomic E-state index is 0.0332. The fourth-order valence-electron chi connectivity index (χ4n) is 3.16. The molecule has 0 spiro atoms. The normalized spacial score (nSPS) is 16.2. The third kappa shape index (κ3) is 4.71. The lowest BCUT2D eigenvalue weighted by Gasteiger charge is -2.22. The highest BCUT2D eigenvalue weighted by Crippen LogP contribution is 2.13. The molecule has 1 fully saturated rings. The van der Waals surface area contributed by atoms with E-state index in [4.69, 9.17) is 0 Å². The quantitative estimate of drug-likeness (QED) is 0.810. The van der Waals surface area contributed by atoms with Crippen molar-refractivity contribution in [3.63, 3.8) is 0 Å². The lowest BCUT2D eigenvalue weighted by Crippen LogP contribution is -2.38. The van der Waals surface area contributed by atoms with Crippen LogP contribution >= 0.6 is 0 Å². The van der Waals surface area contributed by atoms with E-state index >= 15 is 0 Å². The maximum absolute atomic E-state index is 12.7. The first-order chi connectivity index (χ1) is 12.6. The van der Waals surface area contributed by atoms with Crippen molar-refractivity contribution < 1.29 is 13.2 Å². The van der Waals surface area contributed by atoms with Gasteiger partial charge in [0, 0.05) is 31.7 Å². The zero-order valence-electron chi connectivity index (χ0n) is 14.8. The fourth-order valence-corrected chi connectivity index (χ4v) is 4.68. The van der Waals surface area contributed by atoms with Gasteiger partial charge in [-0.2, -0.15) is 0 Å². The highest BCUT2D eigenvalue weighted by Gasteiger charge is 2.26. The number of benzene rings is 2. The van der Waals surface area contributed by atoms with E-state index in [1.54, 1.807) is 17.0 Å². The highest BCUT2D eigenvalue weighted by molar-refractivity contribution is 7.89. The van der Waals surface area contributed by atoms with Crippen molar-refractivity contribution in [2.24, 2.45) is 0 Å². The molecule has 3 rings (SSSR count). The van der Waals surface area contributed by atoms with Gasteiger partial charge in [0.1, 0.15) is 0 Å².